The normalized spacial score (nSPS) is 27.9. The van der Waals surface area contributed by atoms with Gasteiger partial charge in [-0.3, -0.25) is 15.1 Å². The minimum absolute atomic E-state index is 0.103. The van der Waals surface area contributed by atoms with Gasteiger partial charge in [0, 0.05) is 18.2 Å². The molecule has 1 spiro atoms. The van der Waals surface area contributed by atoms with Crippen LogP contribution in [0.15, 0.2) is 36.5 Å². The summed E-state index contributed by atoms with van der Waals surface area (Å²) in [7, 11) is 1.62. The molecule has 1 saturated heterocycles. The number of nitrogens with zero attached hydrogens (tertiary/aromatic N) is 1. The Morgan fingerprint density at radius 1 is 1.26 bits per heavy atom. The lowest BCUT2D eigenvalue weighted by atomic mass is 9.75. The molecule has 1 saturated carbocycles. The van der Waals surface area contributed by atoms with Crippen molar-refractivity contribution in [1.29, 1.82) is 0 Å². The van der Waals surface area contributed by atoms with Crippen molar-refractivity contribution in [3.63, 3.8) is 0 Å². The van der Waals surface area contributed by atoms with Crippen molar-refractivity contribution in [1.82, 2.24) is 10.3 Å². The van der Waals surface area contributed by atoms with E-state index in [-0.39, 0.29) is 11.6 Å². The molecule has 2 fully saturated rings. The average molecular weight is 385 g/mol. The van der Waals surface area contributed by atoms with Gasteiger partial charge in [-0.2, -0.15) is 0 Å². The quantitative estimate of drug-likeness (QED) is 0.812. The third kappa shape index (κ3) is 3.37. The van der Waals surface area contributed by atoms with E-state index in [0.717, 1.165) is 42.5 Å². The molecule has 142 valence electrons. The molecule has 1 N–H and O–H groups in total. The third-order valence-electron chi connectivity index (χ3n) is 6.07. The highest BCUT2D eigenvalue weighted by atomic mass is 35.5. The Morgan fingerprint density at radius 2 is 2.07 bits per heavy atom. The van der Waals surface area contributed by atoms with Crippen LogP contribution in [0.5, 0.6) is 5.75 Å². The van der Waals surface area contributed by atoms with Gasteiger partial charge in [0.15, 0.2) is 5.78 Å². The summed E-state index contributed by atoms with van der Waals surface area (Å²) < 4.78 is 5.34. The molecule has 1 aliphatic heterocycles. The van der Waals surface area contributed by atoms with E-state index in [1.807, 2.05) is 30.5 Å². The van der Waals surface area contributed by atoms with Crippen molar-refractivity contribution in [3.8, 4) is 16.9 Å². The van der Waals surface area contributed by atoms with E-state index in [0.29, 0.717) is 28.9 Å². The van der Waals surface area contributed by atoms with Crippen LogP contribution < -0.4 is 10.1 Å². The van der Waals surface area contributed by atoms with Crippen LogP contribution in [0.2, 0.25) is 5.02 Å². The molecule has 5 heteroatoms. The molecule has 27 heavy (non-hydrogen) atoms. The van der Waals surface area contributed by atoms with Crippen LogP contribution in [0.4, 0.5) is 0 Å². The number of Topliss-reactive ketones (excluding diaryl/α,β-unsaturated/α-hetero) is 1. The summed E-state index contributed by atoms with van der Waals surface area (Å²) in [5.74, 6) is 1.53. The van der Waals surface area contributed by atoms with E-state index in [9.17, 15) is 4.79 Å². The van der Waals surface area contributed by atoms with Gasteiger partial charge in [0.25, 0.3) is 0 Å². The molecule has 2 aromatic rings. The third-order valence-corrected chi connectivity index (χ3v) is 6.46. The second kappa shape index (κ2) is 7.25. The molecule has 3 unspecified atom stereocenters. The SMILES string of the molecule is COc1cccc(-c2ccnc(C3CCC4(CCC(C)CC4=O)N3)c2)c1Cl. The number of pyridine rings is 1. The van der Waals surface area contributed by atoms with Gasteiger partial charge in [-0.25, -0.2) is 0 Å². The summed E-state index contributed by atoms with van der Waals surface area (Å²) in [6.45, 7) is 2.17. The van der Waals surface area contributed by atoms with Crippen LogP contribution in [-0.4, -0.2) is 23.4 Å². The van der Waals surface area contributed by atoms with Crippen LogP contribution >= 0.6 is 11.6 Å². The van der Waals surface area contributed by atoms with Crippen molar-refractivity contribution < 1.29 is 9.53 Å². The number of carbonyl (C=O) groups is 1. The number of rotatable bonds is 3. The number of carbonyl (C=O) groups excluding carboxylic acids is 1. The smallest absolute Gasteiger partial charge is 0.153 e. The highest BCUT2D eigenvalue weighted by Crippen LogP contribution is 2.42. The number of ether oxygens (including phenoxy) is 1. The molecule has 0 radical (unpaired) electrons. The maximum Gasteiger partial charge on any atom is 0.153 e. The Morgan fingerprint density at radius 3 is 2.85 bits per heavy atom. The second-order valence-corrected chi connectivity index (χ2v) is 8.26. The van der Waals surface area contributed by atoms with Gasteiger partial charge in [0.05, 0.1) is 29.4 Å². The molecular weight excluding hydrogens is 360 g/mol. The molecule has 0 amide bonds. The standard InChI is InChI=1S/C22H25ClN2O2/c1-14-6-9-22(20(26)12-14)10-7-17(25-22)18-13-15(8-11-24-18)16-4-3-5-19(27-2)21(16)23/h3-5,8,11,13-14,17,25H,6-7,9-10,12H2,1-2H3. The van der Waals surface area contributed by atoms with Crippen LogP contribution in [0.3, 0.4) is 0 Å². The summed E-state index contributed by atoms with van der Waals surface area (Å²) >= 11 is 6.50. The maximum absolute atomic E-state index is 12.7. The lowest BCUT2D eigenvalue weighted by molar-refractivity contribution is -0.128. The Bertz CT molecular complexity index is 869. The number of hydrogen-bond acceptors (Lipinski definition) is 4. The van der Waals surface area contributed by atoms with E-state index in [1.165, 1.54) is 0 Å². The van der Waals surface area contributed by atoms with Crippen LogP contribution in [0, 0.1) is 5.92 Å². The molecule has 2 aliphatic rings. The van der Waals surface area contributed by atoms with Crippen molar-refractivity contribution in [3.05, 3.63) is 47.2 Å². The topological polar surface area (TPSA) is 51.2 Å². The molecular formula is C22H25ClN2O2. The maximum atomic E-state index is 12.7. The van der Waals surface area contributed by atoms with E-state index >= 15 is 0 Å². The first-order chi connectivity index (χ1) is 13.0. The Kier molecular flexibility index (Phi) is 4.95. The fraction of sp³-hybridized carbons (Fsp3) is 0.455. The van der Waals surface area contributed by atoms with E-state index in [4.69, 9.17) is 16.3 Å². The lowest BCUT2D eigenvalue weighted by Gasteiger charge is -2.35. The van der Waals surface area contributed by atoms with Gasteiger partial charge in [0.2, 0.25) is 0 Å². The molecule has 2 heterocycles. The summed E-state index contributed by atoms with van der Waals surface area (Å²) in [5, 5.41) is 4.24. The van der Waals surface area contributed by atoms with Crippen LogP contribution in [0.1, 0.15) is 50.8 Å². The van der Waals surface area contributed by atoms with Crippen LogP contribution in [0.25, 0.3) is 11.1 Å². The summed E-state index contributed by atoms with van der Waals surface area (Å²) in [6, 6.07) is 9.91. The molecule has 0 bridgehead atoms. The van der Waals surface area contributed by atoms with Gasteiger partial charge >= 0.3 is 0 Å². The Hall–Kier alpha value is -1.91. The molecule has 1 aliphatic carbocycles. The number of nitrogens with one attached hydrogen (secondary N) is 1. The first kappa shape index (κ1) is 18.5. The predicted octanol–water partition coefficient (Wildman–Crippen LogP) is 4.96. The highest BCUT2D eigenvalue weighted by molar-refractivity contribution is 6.34. The van der Waals surface area contributed by atoms with Crippen molar-refractivity contribution >= 4 is 17.4 Å². The van der Waals surface area contributed by atoms with Gasteiger partial charge in [-0.15, -0.1) is 0 Å². The van der Waals surface area contributed by atoms with Crippen molar-refractivity contribution in [2.75, 3.05) is 7.11 Å². The number of hydrogen-bond donors (Lipinski definition) is 1. The zero-order valence-electron chi connectivity index (χ0n) is 15.8. The first-order valence-electron chi connectivity index (χ1n) is 9.62. The molecule has 1 aromatic heterocycles. The fourth-order valence-corrected chi connectivity index (χ4v) is 4.76. The van der Waals surface area contributed by atoms with Gasteiger partial charge in [0.1, 0.15) is 5.75 Å². The van der Waals surface area contributed by atoms with E-state index in [2.05, 4.69) is 23.3 Å². The highest BCUT2D eigenvalue weighted by Gasteiger charge is 2.47. The number of benzene rings is 1. The van der Waals surface area contributed by atoms with Gasteiger partial charge in [-0.1, -0.05) is 30.7 Å². The largest absolute Gasteiger partial charge is 0.495 e. The molecule has 3 atom stereocenters. The molecule has 4 nitrogen and oxygen atoms in total. The minimum Gasteiger partial charge on any atom is -0.495 e. The number of ketones is 1. The molecule has 1 aromatic carbocycles. The fourth-order valence-electron chi connectivity index (χ4n) is 4.45. The van der Waals surface area contributed by atoms with Gasteiger partial charge in [-0.05, 0) is 55.4 Å². The first-order valence-corrected chi connectivity index (χ1v) is 10.00. The number of halogens is 1. The summed E-state index contributed by atoms with van der Waals surface area (Å²) in [5.41, 5.74) is 2.56. The van der Waals surface area contributed by atoms with E-state index < -0.39 is 0 Å². The number of methoxy groups -OCH3 is 1. The monoisotopic (exact) mass is 384 g/mol. The Labute approximate surface area is 165 Å². The van der Waals surface area contributed by atoms with Gasteiger partial charge < -0.3 is 4.74 Å². The van der Waals surface area contributed by atoms with E-state index in [1.54, 1.807) is 7.11 Å². The van der Waals surface area contributed by atoms with Crippen molar-refractivity contribution in [2.45, 2.75) is 50.6 Å². The predicted molar refractivity (Wildman–Crippen MR) is 107 cm³/mol. The zero-order valence-corrected chi connectivity index (χ0v) is 16.6. The number of aromatic nitrogens is 1. The second-order valence-electron chi connectivity index (χ2n) is 7.88. The lowest BCUT2D eigenvalue weighted by Crippen LogP contribution is -2.51. The summed E-state index contributed by atoms with van der Waals surface area (Å²) in [4.78, 5) is 17.3. The average Bonchev–Trinajstić information content (AvgIpc) is 3.11. The molecule has 4 rings (SSSR count). The van der Waals surface area contributed by atoms with Crippen LogP contribution in [-0.2, 0) is 4.79 Å². The van der Waals surface area contributed by atoms with Crippen molar-refractivity contribution in [2.24, 2.45) is 5.92 Å². The zero-order chi connectivity index (χ0) is 19.0. The Balaban J connectivity index is 1.60. The minimum atomic E-state index is -0.345. The summed E-state index contributed by atoms with van der Waals surface area (Å²) in [6.07, 6.45) is 6.38.